The number of carbonyl (C=O) groups is 1. The predicted octanol–water partition coefficient (Wildman–Crippen LogP) is 3.99. The molecule has 0 bridgehead atoms. The van der Waals surface area contributed by atoms with Crippen molar-refractivity contribution < 1.29 is 9.90 Å². The fraction of sp³-hybridized carbons (Fsp3) is 0.250. The third-order valence-electron chi connectivity index (χ3n) is 4.50. The molecule has 2 N–H and O–H groups in total. The minimum absolute atomic E-state index is 0.383. The lowest BCUT2D eigenvalue weighted by molar-refractivity contribution is -0.142. The number of carboxylic acids is 1. The number of carboxylic acid groups (broad SMARTS) is 1. The topological polar surface area (TPSA) is 70.9 Å². The number of aromatic nitrogens is 3. The summed E-state index contributed by atoms with van der Waals surface area (Å²) >= 11 is 12.6. The van der Waals surface area contributed by atoms with Crippen LogP contribution in [0.5, 0.6) is 0 Å². The molecule has 1 aliphatic heterocycles. The molecule has 1 aliphatic rings. The standard InChI is InChI=1S/C16H13Cl2N3O2/c17-11-2-1-10-13(9-6-19-20-7-9)12-5-8(16(22)23)3-4-21(12)15(10)14(11)18/h1-2,6-8H,3-5H2,(H,19,20)(H,22,23)/t8-/m1/s1. The van der Waals surface area contributed by atoms with E-state index in [2.05, 4.69) is 14.8 Å². The molecule has 0 saturated carbocycles. The van der Waals surface area contributed by atoms with Gasteiger partial charge in [-0.1, -0.05) is 29.3 Å². The van der Waals surface area contributed by atoms with Crippen LogP contribution in [0.1, 0.15) is 12.1 Å². The lowest BCUT2D eigenvalue weighted by Crippen LogP contribution is -2.25. The second-order valence-electron chi connectivity index (χ2n) is 5.75. The second kappa shape index (κ2) is 5.28. The summed E-state index contributed by atoms with van der Waals surface area (Å²) in [6.07, 6.45) is 4.60. The van der Waals surface area contributed by atoms with Crippen LogP contribution < -0.4 is 0 Å². The second-order valence-corrected chi connectivity index (χ2v) is 6.53. The van der Waals surface area contributed by atoms with E-state index < -0.39 is 5.97 Å². The molecule has 0 amide bonds. The summed E-state index contributed by atoms with van der Waals surface area (Å²) in [5.41, 5.74) is 3.75. The molecule has 0 fully saturated rings. The van der Waals surface area contributed by atoms with Crippen molar-refractivity contribution in [3.63, 3.8) is 0 Å². The highest BCUT2D eigenvalue weighted by molar-refractivity contribution is 6.45. The van der Waals surface area contributed by atoms with Gasteiger partial charge in [-0.15, -0.1) is 0 Å². The molecule has 0 unspecified atom stereocenters. The molecule has 3 aromatic rings. The van der Waals surface area contributed by atoms with Gasteiger partial charge < -0.3 is 9.67 Å². The Morgan fingerprint density at radius 2 is 2.22 bits per heavy atom. The highest BCUT2D eigenvalue weighted by Crippen LogP contribution is 2.43. The van der Waals surface area contributed by atoms with E-state index >= 15 is 0 Å². The Kier molecular flexibility index (Phi) is 3.36. The Morgan fingerprint density at radius 3 is 2.91 bits per heavy atom. The highest BCUT2D eigenvalue weighted by atomic mass is 35.5. The van der Waals surface area contributed by atoms with Gasteiger partial charge in [-0.2, -0.15) is 5.10 Å². The fourth-order valence-electron chi connectivity index (χ4n) is 3.43. The normalized spacial score (nSPS) is 17.4. The monoisotopic (exact) mass is 349 g/mol. The molecule has 3 heterocycles. The molecule has 0 aliphatic carbocycles. The Morgan fingerprint density at radius 1 is 1.39 bits per heavy atom. The van der Waals surface area contributed by atoms with E-state index in [1.165, 1.54) is 0 Å². The van der Waals surface area contributed by atoms with Gasteiger partial charge in [0.1, 0.15) is 0 Å². The van der Waals surface area contributed by atoms with E-state index in [-0.39, 0.29) is 5.92 Å². The van der Waals surface area contributed by atoms with Crippen LogP contribution >= 0.6 is 23.2 Å². The number of hydrogen-bond acceptors (Lipinski definition) is 2. The number of aryl methyl sites for hydroxylation is 1. The number of H-pyrrole nitrogens is 1. The number of aromatic amines is 1. The first-order valence-electron chi connectivity index (χ1n) is 7.29. The lowest BCUT2D eigenvalue weighted by Gasteiger charge is -2.23. The van der Waals surface area contributed by atoms with Crippen LogP contribution in [-0.4, -0.2) is 25.8 Å². The van der Waals surface area contributed by atoms with Gasteiger partial charge in [0.25, 0.3) is 0 Å². The van der Waals surface area contributed by atoms with E-state index in [0.717, 1.165) is 27.7 Å². The molecular weight excluding hydrogens is 337 g/mol. The number of benzene rings is 1. The van der Waals surface area contributed by atoms with Crippen molar-refractivity contribution >= 4 is 40.1 Å². The van der Waals surface area contributed by atoms with E-state index in [1.807, 2.05) is 12.3 Å². The molecule has 5 nitrogen and oxygen atoms in total. The number of aliphatic carboxylic acids is 1. The van der Waals surface area contributed by atoms with E-state index in [1.54, 1.807) is 12.3 Å². The van der Waals surface area contributed by atoms with Crippen molar-refractivity contribution in [3.8, 4) is 11.1 Å². The Labute approximate surface area is 141 Å². The largest absolute Gasteiger partial charge is 0.481 e. The van der Waals surface area contributed by atoms with E-state index in [0.29, 0.717) is 29.4 Å². The van der Waals surface area contributed by atoms with Crippen LogP contribution in [0.3, 0.4) is 0 Å². The van der Waals surface area contributed by atoms with Gasteiger partial charge >= 0.3 is 5.97 Å². The van der Waals surface area contributed by atoms with Crippen molar-refractivity contribution in [2.75, 3.05) is 0 Å². The van der Waals surface area contributed by atoms with Crippen molar-refractivity contribution in [3.05, 3.63) is 40.3 Å². The van der Waals surface area contributed by atoms with Crippen LogP contribution in [0.15, 0.2) is 24.5 Å². The summed E-state index contributed by atoms with van der Waals surface area (Å²) in [6, 6.07) is 3.71. The molecule has 0 radical (unpaired) electrons. The smallest absolute Gasteiger partial charge is 0.306 e. The first-order valence-corrected chi connectivity index (χ1v) is 8.04. The number of fused-ring (bicyclic) bond motifs is 3. The summed E-state index contributed by atoms with van der Waals surface area (Å²) in [6.45, 7) is 0.612. The molecule has 0 spiro atoms. The molecule has 2 aromatic heterocycles. The molecule has 23 heavy (non-hydrogen) atoms. The first kappa shape index (κ1) is 14.6. The highest BCUT2D eigenvalue weighted by Gasteiger charge is 2.30. The van der Waals surface area contributed by atoms with E-state index in [4.69, 9.17) is 23.2 Å². The first-order chi connectivity index (χ1) is 11.1. The summed E-state index contributed by atoms with van der Waals surface area (Å²) in [5.74, 6) is -1.14. The van der Waals surface area contributed by atoms with E-state index in [9.17, 15) is 9.90 Å². The third kappa shape index (κ3) is 2.15. The molecule has 1 atom stereocenters. The average Bonchev–Trinajstić information content (AvgIpc) is 3.15. The zero-order valence-electron chi connectivity index (χ0n) is 12.0. The van der Waals surface area contributed by atoms with Crippen molar-refractivity contribution in [2.24, 2.45) is 5.92 Å². The predicted molar refractivity (Wildman–Crippen MR) is 89.0 cm³/mol. The maximum atomic E-state index is 11.4. The van der Waals surface area contributed by atoms with Crippen LogP contribution in [0.25, 0.3) is 22.0 Å². The molecular formula is C16H13Cl2N3O2. The summed E-state index contributed by atoms with van der Waals surface area (Å²) < 4.78 is 2.10. The van der Waals surface area contributed by atoms with Gasteiger partial charge in [0, 0.05) is 41.4 Å². The minimum atomic E-state index is -0.760. The van der Waals surface area contributed by atoms with Gasteiger partial charge in [-0.05, 0) is 12.5 Å². The van der Waals surface area contributed by atoms with Crippen molar-refractivity contribution in [1.82, 2.24) is 14.8 Å². The zero-order chi connectivity index (χ0) is 16.1. The van der Waals surface area contributed by atoms with Gasteiger partial charge in [0.05, 0.1) is 27.7 Å². The summed E-state index contributed by atoms with van der Waals surface area (Å²) in [4.78, 5) is 11.4. The lowest BCUT2D eigenvalue weighted by atomic mass is 9.93. The maximum absolute atomic E-state index is 11.4. The van der Waals surface area contributed by atoms with Crippen molar-refractivity contribution in [1.29, 1.82) is 0 Å². The summed E-state index contributed by atoms with van der Waals surface area (Å²) in [5, 5.41) is 18.2. The average molecular weight is 350 g/mol. The number of hydrogen-bond donors (Lipinski definition) is 2. The van der Waals surface area contributed by atoms with Crippen molar-refractivity contribution in [2.45, 2.75) is 19.4 Å². The van der Waals surface area contributed by atoms with Crippen LogP contribution in [-0.2, 0) is 17.8 Å². The van der Waals surface area contributed by atoms with Crippen LogP contribution in [0.4, 0.5) is 0 Å². The van der Waals surface area contributed by atoms with Gasteiger partial charge in [0.15, 0.2) is 0 Å². The fourth-order valence-corrected chi connectivity index (χ4v) is 3.85. The van der Waals surface area contributed by atoms with Gasteiger partial charge in [0.2, 0.25) is 0 Å². The number of nitrogens with one attached hydrogen (secondary N) is 1. The third-order valence-corrected chi connectivity index (χ3v) is 5.29. The Hall–Kier alpha value is -1.98. The molecule has 7 heteroatoms. The molecule has 1 aromatic carbocycles. The quantitative estimate of drug-likeness (QED) is 0.734. The SMILES string of the molecule is O=C(O)[C@@H]1CCn2c(c(-c3cn[nH]c3)c3ccc(Cl)c(Cl)c32)C1. The zero-order valence-corrected chi connectivity index (χ0v) is 13.5. The summed E-state index contributed by atoms with van der Waals surface area (Å²) in [7, 11) is 0. The Balaban J connectivity index is 2.05. The Bertz CT molecular complexity index is 915. The molecule has 118 valence electrons. The van der Waals surface area contributed by atoms with Crippen LogP contribution in [0, 0.1) is 5.92 Å². The number of halogens is 2. The van der Waals surface area contributed by atoms with Gasteiger partial charge in [-0.25, -0.2) is 0 Å². The number of nitrogens with zero attached hydrogens (tertiary/aromatic N) is 2. The van der Waals surface area contributed by atoms with Gasteiger partial charge in [-0.3, -0.25) is 9.89 Å². The number of rotatable bonds is 2. The van der Waals surface area contributed by atoms with Crippen LogP contribution in [0.2, 0.25) is 10.0 Å². The molecule has 4 rings (SSSR count). The maximum Gasteiger partial charge on any atom is 0.306 e. The molecule has 0 saturated heterocycles. The minimum Gasteiger partial charge on any atom is -0.481 e.